The minimum Gasteiger partial charge on any atom is -0.351 e. The first-order valence-electron chi connectivity index (χ1n) is 8.86. The van der Waals surface area contributed by atoms with Crippen LogP contribution in [0.4, 0.5) is 13.2 Å². The Labute approximate surface area is 159 Å². The predicted molar refractivity (Wildman–Crippen MR) is 95.6 cm³/mol. The molecule has 9 heteroatoms. The molecule has 2 aromatic rings. The number of carbonyl (C=O) groups excluding carboxylic acids is 1. The molecule has 0 spiro atoms. The molecule has 148 valence electrons. The van der Waals surface area contributed by atoms with E-state index in [0.29, 0.717) is 5.92 Å². The zero-order chi connectivity index (χ0) is 19.6. The summed E-state index contributed by atoms with van der Waals surface area (Å²) >= 11 is 1.58. The van der Waals surface area contributed by atoms with Gasteiger partial charge in [0, 0.05) is 11.4 Å². The van der Waals surface area contributed by atoms with Gasteiger partial charge in [-0.05, 0) is 50.2 Å². The Bertz CT molecular complexity index is 765. The van der Waals surface area contributed by atoms with Crippen molar-refractivity contribution in [2.24, 2.45) is 5.92 Å². The molecule has 3 rings (SSSR count). The van der Waals surface area contributed by atoms with Crippen LogP contribution in [0.2, 0.25) is 0 Å². The molecule has 1 aliphatic heterocycles. The van der Waals surface area contributed by atoms with E-state index in [2.05, 4.69) is 26.8 Å². The minimum absolute atomic E-state index is 0.0593. The van der Waals surface area contributed by atoms with Crippen molar-refractivity contribution in [3.63, 3.8) is 0 Å². The van der Waals surface area contributed by atoms with Crippen molar-refractivity contribution >= 4 is 17.2 Å². The summed E-state index contributed by atoms with van der Waals surface area (Å²) < 4.78 is 43.5. The second-order valence-corrected chi connectivity index (χ2v) is 7.91. The maximum atomic E-state index is 13.1. The second-order valence-electron chi connectivity index (χ2n) is 6.93. The van der Waals surface area contributed by atoms with Gasteiger partial charge in [-0.25, -0.2) is 0 Å². The molecular formula is C18H22F3N3O2S. The summed E-state index contributed by atoms with van der Waals surface area (Å²) in [5.41, 5.74) is -0.612. The quantitative estimate of drug-likeness (QED) is 0.813. The molecule has 1 amide bonds. The van der Waals surface area contributed by atoms with Gasteiger partial charge in [0.25, 0.3) is 11.7 Å². The van der Waals surface area contributed by atoms with Crippen LogP contribution >= 0.6 is 11.3 Å². The third kappa shape index (κ3) is 4.52. The Kier molecular flexibility index (Phi) is 5.90. The van der Waals surface area contributed by atoms with Gasteiger partial charge in [0.1, 0.15) is 5.56 Å². The lowest BCUT2D eigenvalue weighted by Gasteiger charge is -2.36. The van der Waals surface area contributed by atoms with E-state index in [9.17, 15) is 18.0 Å². The van der Waals surface area contributed by atoms with E-state index in [1.54, 1.807) is 11.3 Å². The van der Waals surface area contributed by atoms with E-state index in [1.165, 1.54) is 6.92 Å². The standard InChI is InChI=1S/C18H22F3N3O2S/c1-11-5-7-24(8-6-11)13(14-4-3-9-27-14)10-22-17(25)15-12(2)23-26-16(15)18(19,20)21/h3-4,9,11,13H,5-8,10H2,1-2H3,(H,22,25). The van der Waals surface area contributed by atoms with E-state index >= 15 is 0 Å². The number of likely N-dealkylation sites (tertiary alicyclic amines) is 1. The Morgan fingerprint density at radius 3 is 2.74 bits per heavy atom. The van der Waals surface area contributed by atoms with Crippen molar-refractivity contribution in [2.45, 2.75) is 38.9 Å². The van der Waals surface area contributed by atoms with E-state index in [0.717, 1.165) is 30.8 Å². The number of thiophene rings is 1. The molecule has 1 aliphatic rings. The fraction of sp³-hybridized carbons (Fsp3) is 0.556. The highest BCUT2D eigenvalue weighted by molar-refractivity contribution is 7.10. The molecular weight excluding hydrogens is 379 g/mol. The van der Waals surface area contributed by atoms with Gasteiger partial charge in [-0.1, -0.05) is 18.1 Å². The number of nitrogens with one attached hydrogen (secondary N) is 1. The second kappa shape index (κ2) is 8.02. The lowest BCUT2D eigenvalue weighted by molar-refractivity contribution is -0.155. The van der Waals surface area contributed by atoms with Gasteiger partial charge in [-0.2, -0.15) is 13.2 Å². The number of alkyl halides is 3. The van der Waals surface area contributed by atoms with Crippen LogP contribution in [0.25, 0.3) is 0 Å². The predicted octanol–water partition coefficient (Wildman–Crippen LogP) is 4.27. The smallest absolute Gasteiger partial charge is 0.351 e. The zero-order valence-corrected chi connectivity index (χ0v) is 16.0. The summed E-state index contributed by atoms with van der Waals surface area (Å²) in [6, 6.07) is 3.87. The first-order chi connectivity index (χ1) is 12.8. The molecule has 3 heterocycles. The summed E-state index contributed by atoms with van der Waals surface area (Å²) in [6.07, 6.45) is -2.62. The van der Waals surface area contributed by atoms with Crippen molar-refractivity contribution in [1.29, 1.82) is 0 Å². The molecule has 1 unspecified atom stereocenters. The van der Waals surface area contributed by atoms with E-state index in [-0.39, 0.29) is 18.3 Å². The van der Waals surface area contributed by atoms with Crippen LogP contribution in [0.1, 0.15) is 52.5 Å². The Morgan fingerprint density at radius 2 is 2.15 bits per heavy atom. The molecule has 1 fully saturated rings. The Morgan fingerprint density at radius 1 is 1.44 bits per heavy atom. The topological polar surface area (TPSA) is 58.4 Å². The zero-order valence-electron chi connectivity index (χ0n) is 15.2. The molecule has 27 heavy (non-hydrogen) atoms. The van der Waals surface area contributed by atoms with Crippen molar-refractivity contribution in [3.05, 3.63) is 39.4 Å². The van der Waals surface area contributed by atoms with Crippen LogP contribution in [-0.4, -0.2) is 35.6 Å². The molecule has 1 saturated heterocycles. The monoisotopic (exact) mass is 401 g/mol. The highest BCUT2D eigenvalue weighted by atomic mass is 32.1. The van der Waals surface area contributed by atoms with Crippen LogP contribution in [0.5, 0.6) is 0 Å². The molecule has 0 aromatic carbocycles. The van der Waals surface area contributed by atoms with Crippen LogP contribution in [0.15, 0.2) is 22.0 Å². The van der Waals surface area contributed by atoms with E-state index in [4.69, 9.17) is 0 Å². The molecule has 1 atom stereocenters. The third-order valence-corrected chi connectivity index (χ3v) is 5.91. The first kappa shape index (κ1) is 19.9. The summed E-state index contributed by atoms with van der Waals surface area (Å²) in [4.78, 5) is 15.9. The van der Waals surface area contributed by atoms with Gasteiger partial charge in [0.15, 0.2) is 0 Å². The van der Waals surface area contributed by atoms with Gasteiger partial charge < -0.3 is 9.84 Å². The fourth-order valence-electron chi connectivity index (χ4n) is 3.34. The number of aromatic nitrogens is 1. The fourth-order valence-corrected chi connectivity index (χ4v) is 4.20. The molecule has 0 aliphatic carbocycles. The summed E-state index contributed by atoms with van der Waals surface area (Å²) in [6.45, 7) is 5.58. The number of amides is 1. The summed E-state index contributed by atoms with van der Waals surface area (Å²) in [5, 5.41) is 7.94. The van der Waals surface area contributed by atoms with Crippen molar-refractivity contribution in [1.82, 2.24) is 15.4 Å². The highest BCUT2D eigenvalue weighted by Crippen LogP contribution is 2.34. The van der Waals surface area contributed by atoms with Gasteiger partial charge in [-0.3, -0.25) is 9.69 Å². The Hall–Kier alpha value is -1.87. The number of hydrogen-bond acceptors (Lipinski definition) is 5. The SMILES string of the molecule is Cc1noc(C(F)(F)F)c1C(=O)NCC(c1cccs1)N1CCC(C)CC1. The van der Waals surface area contributed by atoms with Crippen LogP contribution in [0.3, 0.4) is 0 Å². The van der Waals surface area contributed by atoms with Gasteiger partial charge >= 0.3 is 6.18 Å². The number of piperidine rings is 1. The van der Waals surface area contributed by atoms with Crippen molar-refractivity contribution < 1.29 is 22.5 Å². The molecule has 2 aromatic heterocycles. The molecule has 0 saturated carbocycles. The van der Waals surface area contributed by atoms with Crippen LogP contribution in [-0.2, 0) is 6.18 Å². The Balaban J connectivity index is 1.74. The lowest BCUT2D eigenvalue weighted by Crippen LogP contribution is -2.41. The molecule has 0 bridgehead atoms. The van der Waals surface area contributed by atoms with Crippen LogP contribution in [0, 0.1) is 12.8 Å². The minimum atomic E-state index is -4.76. The maximum absolute atomic E-state index is 13.1. The van der Waals surface area contributed by atoms with Gasteiger partial charge in [0.05, 0.1) is 11.7 Å². The average molecular weight is 401 g/mol. The van der Waals surface area contributed by atoms with E-state index in [1.807, 2.05) is 17.5 Å². The number of halogens is 3. The average Bonchev–Trinajstić information content (AvgIpc) is 3.25. The highest BCUT2D eigenvalue weighted by Gasteiger charge is 2.42. The first-order valence-corrected chi connectivity index (χ1v) is 9.74. The number of aryl methyl sites for hydroxylation is 1. The van der Waals surface area contributed by atoms with Crippen molar-refractivity contribution in [3.8, 4) is 0 Å². The maximum Gasteiger partial charge on any atom is 0.453 e. The largest absolute Gasteiger partial charge is 0.453 e. The third-order valence-electron chi connectivity index (χ3n) is 4.93. The summed E-state index contributed by atoms with van der Waals surface area (Å²) in [7, 11) is 0. The molecule has 0 radical (unpaired) electrons. The number of rotatable bonds is 5. The normalized spacial score (nSPS) is 17.8. The summed E-state index contributed by atoms with van der Waals surface area (Å²) in [5.74, 6) is -1.50. The van der Waals surface area contributed by atoms with E-state index < -0.39 is 23.4 Å². The lowest BCUT2D eigenvalue weighted by atomic mass is 9.97. The number of carbonyl (C=O) groups is 1. The van der Waals surface area contributed by atoms with Gasteiger partial charge in [0.2, 0.25) is 0 Å². The van der Waals surface area contributed by atoms with Gasteiger partial charge in [-0.15, -0.1) is 11.3 Å². The molecule has 5 nitrogen and oxygen atoms in total. The number of hydrogen-bond donors (Lipinski definition) is 1. The molecule has 1 N–H and O–H groups in total. The van der Waals surface area contributed by atoms with Crippen LogP contribution < -0.4 is 5.32 Å². The van der Waals surface area contributed by atoms with Crippen molar-refractivity contribution in [2.75, 3.05) is 19.6 Å². The number of nitrogens with zero attached hydrogens (tertiary/aromatic N) is 2.